The molecule has 0 aliphatic rings. The molecule has 3 rings (SSSR count). The number of benzene rings is 1. The Kier molecular flexibility index (Phi) is 6.69. The monoisotopic (exact) mass is 445 g/mol. The van der Waals surface area contributed by atoms with Crippen LogP contribution in [-0.4, -0.2) is 28.0 Å². The number of halogens is 4. The predicted molar refractivity (Wildman–Crippen MR) is 106 cm³/mol. The average Bonchev–Trinajstić information content (AvgIpc) is 3.31. The number of thiophene rings is 1. The minimum atomic E-state index is -4.74. The van der Waals surface area contributed by atoms with Crippen LogP contribution in [0.1, 0.15) is 20.9 Å². The van der Waals surface area contributed by atoms with Gasteiger partial charge in [-0.15, -0.1) is 11.3 Å². The van der Waals surface area contributed by atoms with Crippen molar-refractivity contribution in [1.29, 1.82) is 0 Å². The van der Waals surface area contributed by atoms with Crippen molar-refractivity contribution in [2.24, 2.45) is 0 Å². The summed E-state index contributed by atoms with van der Waals surface area (Å²) < 4.78 is 41.5. The molecular weight excluding hydrogens is 431 g/mol. The summed E-state index contributed by atoms with van der Waals surface area (Å²) in [5.74, 6) is 0.593. The highest BCUT2D eigenvalue weighted by Crippen LogP contribution is 2.33. The third-order valence-electron chi connectivity index (χ3n) is 3.71. The zero-order valence-corrected chi connectivity index (χ0v) is 16.8. The third kappa shape index (κ3) is 5.09. The number of thioether (sulfide) groups is 1. The van der Waals surface area contributed by atoms with E-state index in [0.29, 0.717) is 15.5 Å². The molecule has 1 N–H and O–H groups in total. The fourth-order valence-electron chi connectivity index (χ4n) is 2.46. The molecule has 0 aliphatic carbocycles. The largest absolute Gasteiger partial charge is 0.434 e. The van der Waals surface area contributed by atoms with E-state index >= 15 is 0 Å². The number of hydrogen-bond donors (Lipinski definition) is 1. The number of hydrogen-bond acceptors (Lipinski definition) is 4. The van der Waals surface area contributed by atoms with E-state index in [1.54, 1.807) is 23.1 Å². The highest BCUT2D eigenvalue weighted by atomic mass is 35.5. The molecule has 0 bridgehead atoms. The molecule has 2 heterocycles. The molecule has 0 atom stereocenters. The van der Waals surface area contributed by atoms with Crippen LogP contribution in [0.2, 0.25) is 5.02 Å². The number of nitrogens with one attached hydrogen (secondary N) is 1. The SMILES string of the molecule is O=C(NCCSCc1cccs1)c1cnn(-c2ccc(Cl)cc2)c1C(F)(F)F. The van der Waals surface area contributed by atoms with Gasteiger partial charge in [0.25, 0.3) is 5.91 Å². The van der Waals surface area contributed by atoms with Gasteiger partial charge in [-0.05, 0) is 35.7 Å². The average molecular weight is 446 g/mol. The van der Waals surface area contributed by atoms with Crippen molar-refractivity contribution in [1.82, 2.24) is 15.1 Å². The smallest absolute Gasteiger partial charge is 0.351 e. The highest BCUT2D eigenvalue weighted by Gasteiger charge is 2.40. The Morgan fingerprint density at radius 3 is 2.64 bits per heavy atom. The van der Waals surface area contributed by atoms with Crippen LogP contribution < -0.4 is 5.32 Å². The lowest BCUT2D eigenvalue weighted by Gasteiger charge is -2.13. The number of rotatable bonds is 7. The Hall–Kier alpha value is -1.97. The molecule has 4 nitrogen and oxygen atoms in total. The van der Waals surface area contributed by atoms with Gasteiger partial charge in [0.15, 0.2) is 5.69 Å². The highest BCUT2D eigenvalue weighted by molar-refractivity contribution is 7.98. The van der Waals surface area contributed by atoms with Crippen molar-refractivity contribution < 1.29 is 18.0 Å². The number of carbonyl (C=O) groups excluding carboxylic acids is 1. The summed E-state index contributed by atoms with van der Waals surface area (Å²) in [4.78, 5) is 13.5. The standard InChI is InChI=1S/C18H15ClF3N3OS2/c19-12-3-5-13(6-4-12)25-16(18(20,21)22)15(10-24-25)17(26)23-7-9-27-11-14-2-1-8-28-14/h1-6,8,10H,7,9,11H2,(H,23,26). The van der Waals surface area contributed by atoms with Gasteiger partial charge in [0, 0.05) is 28.0 Å². The fourth-order valence-corrected chi connectivity index (χ4v) is 4.29. The fraction of sp³-hybridized carbons (Fsp3) is 0.222. The van der Waals surface area contributed by atoms with E-state index in [-0.39, 0.29) is 12.2 Å². The minimum absolute atomic E-state index is 0.169. The molecule has 0 radical (unpaired) electrons. The van der Waals surface area contributed by atoms with Gasteiger partial charge in [-0.2, -0.15) is 30.0 Å². The summed E-state index contributed by atoms with van der Waals surface area (Å²) in [7, 11) is 0. The van der Waals surface area contributed by atoms with E-state index in [9.17, 15) is 18.0 Å². The Morgan fingerprint density at radius 1 is 1.25 bits per heavy atom. The van der Waals surface area contributed by atoms with Gasteiger partial charge >= 0.3 is 6.18 Å². The van der Waals surface area contributed by atoms with E-state index in [4.69, 9.17) is 11.6 Å². The zero-order chi connectivity index (χ0) is 20.1. The number of amides is 1. The van der Waals surface area contributed by atoms with Crippen molar-refractivity contribution in [3.8, 4) is 5.69 Å². The summed E-state index contributed by atoms with van der Waals surface area (Å²) in [6, 6.07) is 9.71. The van der Waals surface area contributed by atoms with Crippen LogP contribution in [0.15, 0.2) is 48.0 Å². The lowest BCUT2D eigenvalue weighted by Crippen LogP contribution is -2.28. The molecule has 0 saturated carbocycles. The zero-order valence-electron chi connectivity index (χ0n) is 14.4. The number of nitrogens with zero attached hydrogens (tertiary/aromatic N) is 2. The first-order chi connectivity index (χ1) is 13.4. The molecule has 0 unspecified atom stereocenters. The molecule has 0 spiro atoms. The van der Waals surface area contributed by atoms with Crippen LogP contribution in [0.5, 0.6) is 0 Å². The predicted octanol–water partition coefficient (Wildman–Crippen LogP) is 5.27. The van der Waals surface area contributed by atoms with Crippen molar-refractivity contribution in [2.45, 2.75) is 11.9 Å². The number of alkyl halides is 3. The van der Waals surface area contributed by atoms with Crippen LogP contribution >= 0.6 is 34.7 Å². The topological polar surface area (TPSA) is 46.9 Å². The molecule has 148 valence electrons. The van der Waals surface area contributed by atoms with Crippen molar-refractivity contribution in [3.63, 3.8) is 0 Å². The van der Waals surface area contributed by atoms with Crippen LogP contribution in [0.25, 0.3) is 5.69 Å². The van der Waals surface area contributed by atoms with Crippen LogP contribution in [0.4, 0.5) is 13.2 Å². The van der Waals surface area contributed by atoms with E-state index in [0.717, 1.165) is 11.9 Å². The van der Waals surface area contributed by atoms with Crippen LogP contribution in [0, 0.1) is 0 Å². The lowest BCUT2D eigenvalue weighted by atomic mass is 10.2. The van der Waals surface area contributed by atoms with Crippen molar-refractivity contribution in [3.05, 3.63) is 69.1 Å². The summed E-state index contributed by atoms with van der Waals surface area (Å²) >= 11 is 9.02. The van der Waals surface area contributed by atoms with Gasteiger partial charge < -0.3 is 5.32 Å². The maximum atomic E-state index is 13.6. The molecular formula is C18H15ClF3N3OS2. The molecule has 2 aromatic heterocycles. The van der Waals surface area contributed by atoms with Crippen molar-refractivity contribution in [2.75, 3.05) is 12.3 Å². The Balaban J connectivity index is 1.68. The summed E-state index contributed by atoms with van der Waals surface area (Å²) in [6.07, 6.45) is -3.80. The molecule has 0 fully saturated rings. The third-order valence-corrected chi connectivity index (χ3v) is 6.03. The van der Waals surface area contributed by atoms with Crippen LogP contribution in [0.3, 0.4) is 0 Å². The van der Waals surface area contributed by atoms with Gasteiger partial charge in [0.05, 0.1) is 17.4 Å². The van der Waals surface area contributed by atoms with Gasteiger partial charge in [0.2, 0.25) is 0 Å². The van der Waals surface area contributed by atoms with Crippen molar-refractivity contribution >= 4 is 40.6 Å². The van der Waals surface area contributed by atoms with E-state index in [1.807, 2.05) is 17.5 Å². The minimum Gasteiger partial charge on any atom is -0.351 e. The summed E-state index contributed by atoms with van der Waals surface area (Å²) in [5, 5.41) is 8.68. The molecule has 1 amide bonds. The van der Waals surface area contributed by atoms with Gasteiger partial charge in [-0.25, -0.2) is 4.68 Å². The van der Waals surface area contributed by atoms with Gasteiger partial charge in [-0.1, -0.05) is 17.7 Å². The summed E-state index contributed by atoms with van der Waals surface area (Å²) in [5.41, 5.74) is -1.45. The first-order valence-electron chi connectivity index (χ1n) is 8.16. The molecule has 3 aromatic rings. The lowest BCUT2D eigenvalue weighted by molar-refractivity contribution is -0.143. The quantitative estimate of drug-likeness (QED) is 0.504. The summed E-state index contributed by atoms with van der Waals surface area (Å²) in [6.45, 7) is 0.262. The van der Waals surface area contributed by atoms with Gasteiger partial charge in [-0.3, -0.25) is 4.79 Å². The number of carbonyl (C=O) groups is 1. The molecule has 28 heavy (non-hydrogen) atoms. The first kappa shape index (κ1) is 20.8. The Bertz CT molecular complexity index is 925. The first-order valence-corrected chi connectivity index (χ1v) is 10.6. The molecule has 0 aliphatic heterocycles. The molecule has 1 aromatic carbocycles. The second kappa shape index (κ2) is 9.02. The van der Waals surface area contributed by atoms with Gasteiger partial charge in [0.1, 0.15) is 0 Å². The second-order valence-electron chi connectivity index (χ2n) is 5.68. The van der Waals surface area contributed by atoms with E-state index in [1.165, 1.54) is 29.1 Å². The second-order valence-corrected chi connectivity index (χ2v) is 8.25. The maximum absolute atomic E-state index is 13.6. The Labute approximate surface area is 172 Å². The Morgan fingerprint density at radius 2 is 2.00 bits per heavy atom. The molecule has 10 heteroatoms. The normalized spacial score (nSPS) is 11.6. The van der Waals surface area contributed by atoms with E-state index in [2.05, 4.69) is 10.4 Å². The molecule has 0 saturated heterocycles. The number of aromatic nitrogens is 2. The maximum Gasteiger partial charge on any atom is 0.434 e. The van der Waals surface area contributed by atoms with E-state index < -0.39 is 23.3 Å². The van der Waals surface area contributed by atoms with Crippen LogP contribution in [-0.2, 0) is 11.9 Å².